The highest BCUT2D eigenvalue weighted by Gasteiger charge is 2.10. The van der Waals surface area contributed by atoms with Gasteiger partial charge >= 0.3 is 0 Å². The molecule has 0 aliphatic carbocycles. The molecule has 0 fully saturated rings. The molecule has 1 heterocycles. The largest absolute Gasteiger partial charge is 0.355 e. The summed E-state index contributed by atoms with van der Waals surface area (Å²) < 4.78 is 0. The Bertz CT molecular complexity index is 937. The summed E-state index contributed by atoms with van der Waals surface area (Å²) in [6, 6.07) is 20.4. The molecule has 3 aromatic rings. The molecule has 0 spiro atoms. The van der Waals surface area contributed by atoms with Gasteiger partial charge in [-0.05, 0) is 48.9 Å². The Morgan fingerprint density at radius 3 is 2.33 bits per heavy atom. The number of hydrogen-bond donors (Lipinski definition) is 1. The summed E-state index contributed by atoms with van der Waals surface area (Å²) in [6.07, 6.45) is 1.63. The number of Topliss-reactive ketones (excluding diaryl/α,β-unsaturated/α-hetero) is 1. The average molecular weight is 359 g/mol. The van der Waals surface area contributed by atoms with Gasteiger partial charge in [-0.3, -0.25) is 9.59 Å². The van der Waals surface area contributed by atoms with E-state index in [2.05, 4.69) is 22.4 Å². The van der Waals surface area contributed by atoms with Crippen LogP contribution in [0.15, 0.2) is 72.9 Å². The van der Waals surface area contributed by atoms with E-state index in [1.807, 2.05) is 30.1 Å². The highest BCUT2D eigenvalue weighted by Crippen LogP contribution is 2.16. The molecule has 0 aliphatic heterocycles. The molecule has 3 rings (SSSR count). The lowest BCUT2D eigenvalue weighted by Gasteiger charge is -2.18. The number of carbonyl (C=O) groups is 2. The Balaban J connectivity index is 1.70. The number of benzene rings is 2. The Morgan fingerprint density at radius 2 is 1.67 bits per heavy atom. The fraction of sp³-hybridized carbons (Fsp3) is 0.136. The fourth-order valence-corrected chi connectivity index (χ4v) is 2.70. The van der Waals surface area contributed by atoms with Crippen LogP contribution in [0.1, 0.15) is 33.2 Å². The Kier molecular flexibility index (Phi) is 5.61. The minimum Gasteiger partial charge on any atom is -0.355 e. The Hall–Kier alpha value is -3.47. The van der Waals surface area contributed by atoms with Crippen molar-refractivity contribution >= 4 is 23.2 Å². The highest BCUT2D eigenvalue weighted by atomic mass is 16.1. The van der Waals surface area contributed by atoms with E-state index < -0.39 is 0 Å². The molecule has 136 valence electrons. The SMILES string of the molecule is CC(=O)c1ccc(NC(=O)c2ccnc(N(C)Cc3ccccc3)c2)cc1. The van der Waals surface area contributed by atoms with Crippen LogP contribution in [0.3, 0.4) is 0 Å². The maximum Gasteiger partial charge on any atom is 0.255 e. The first-order valence-corrected chi connectivity index (χ1v) is 8.66. The van der Waals surface area contributed by atoms with Gasteiger partial charge in [0.05, 0.1) is 0 Å². The number of pyridine rings is 1. The van der Waals surface area contributed by atoms with E-state index in [1.54, 1.807) is 42.6 Å². The zero-order chi connectivity index (χ0) is 19.2. The van der Waals surface area contributed by atoms with Crippen molar-refractivity contribution in [3.05, 3.63) is 89.6 Å². The van der Waals surface area contributed by atoms with Crippen LogP contribution in [0.5, 0.6) is 0 Å². The molecule has 0 aliphatic rings. The van der Waals surface area contributed by atoms with E-state index in [0.717, 1.165) is 5.82 Å². The quantitative estimate of drug-likeness (QED) is 0.671. The molecule has 27 heavy (non-hydrogen) atoms. The maximum absolute atomic E-state index is 12.5. The Morgan fingerprint density at radius 1 is 0.963 bits per heavy atom. The van der Waals surface area contributed by atoms with Crippen LogP contribution in [-0.4, -0.2) is 23.7 Å². The molecular weight excluding hydrogens is 338 g/mol. The van der Waals surface area contributed by atoms with Crippen molar-refractivity contribution in [2.24, 2.45) is 0 Å². The molecule has 5 heteroatoms. The first-order valence-electron chi connectivity index (χ1n) is 8.66. The number of amides is 1. The van der Waals surface area contributed by atoms with Crippen molar-refractivity contribution in [3.8, 4) is 0 Å². The number of carbonyl (C=O) groups excluding carboxylic acids is 2. The average Bonchev–Trinajstić information content (AvgIpc) is 2.69. The van der Waals surface area contributed by atoms with Crippen LogP contribution in [-0.2, 0) is 6.54 Å². The number of aromatic nitrogens is 1. The van der Waals surface area contributed by atoms with Crippen LogP contribution in [0.2, 0.25) is 0 Å². The summed E-state index contributed by atoms with van der Waals surface area (Å²) in [7, 11) is 1.94. The van der Waals surface area contributed by atoms with Crippen LogP contribution in [0.25, 0.3) is 0 Å². The topological polar surface area (TPSA) is 62.3 Å². The van der Waals surface area contributed by atoms with Crippen molar-refractivity contribution in [1.29, 1.82) is 0 Å². The molecule has 0 unspecified atom stereocenters. The molecule has 0 atom stereocenters. The van der Waals surface area contributed by atoms with Gasteiger partial charge in [0, 0.05) is 36.6 Å². The second-order valence-corrected chi connectivity index (χ2v) is 6.33. The molecule has 0 saturated heterocycles. The molecule has 2 aromatic carbocycles. The number of rotatable bonds is 6. The predicted octanol–water partition coefficient (Wildman–Crippen LogP) is 4.17. The van der Waals surface area contributed by atoms with Crippen molar-refractivity contribution in [1.82, 2.24) is 4.98 Å². The number of nitrogens with zero attached hydrogens (tertiary/aromatic N) is 2. The van der Waals surface area contributed by atoms with E-state index in [0.29, 0.717) is 23.4 Å². The standard InChI is InChI=1S/C22H21N3O2/c1-16(26)18-8-10-20(11-9-18)24-22(27)19-12-13-23-21(14-19)25(2)15-17-6-4-3-5-7-17/h3-14H,15H2,1-2H3,(H,24,27). The summed E-state index contributed by atoms with van der Waals surface area (Å²) in [5.41, 5.74) is 2.94. The fourth-order valence-electron chi connectivity index (χ4n) is 2.70. The molecule has 0 saturated carbocycles. The lowest BCUT2D eigenvalue weighted by Crippen LogP contribution is -2.19. The molecule has 5 nitrogen and oxygen atoms in total. The zero-order valence-electron chi connectivity index (χ0n) is 15.3. The normalized spacial score (nSPS) is 10.3. The van der Waals surface area contributed by atoms with E-state index in [1.165, 1.54) is 12.5 Å². The summed E-state index contributed by atoms with van der Waals surface area (Å²) in [5.74, 6) is 0.494. The minimum absolute atomic E-state index is 0.00638. The number of hydrogen-bond acceptors (Lipinski definition) is 4. The van der Waals surface area contributed by atoms with Gasteiger partial charge in [0.25, 0.3) is 5.91 Å². The number of anilines is 2. The summed E-state index contributed by atoms with van der Waals surface area (Å²) >= 11 is 0. The summed E-state index contributed by atoms with van der Waals surface area (Å²) in [4.78, 5) is 30.2. The monoisotopic (exact) mass is 359 g/mol. The smallest absolute Gasteiger partial charge is 0.255 e. The van der Waals surface area contributed by atoms with Gasteiger partial charge in [0.15, 0.2) is 5.78 Å². The molecule has 1 N–H and O–H groups in total. The van der Waals surface area contributed by atoms with Crippen molar-refractivity contribution in [2.45, 2.75) is 13.5 Å². The maximum atomic E-state index is 12.5. The molecule has 0 radical (unpaired) electrons. The summed E-state index contributed by atoms with van der Waals surface area (Å²) in [6.45, 7) is 2.21. The van der Waals surface area contributed by atoms with Crippen molar-refractivity contribution < 1.29 is 9.59 Å². The van der Waals surface area contributed by atoms with E-state index in [4.69, 9.17) is 0 Å². The van der Waals surface area contributed by atoms with Gasteiger partial charge in [-0.25, -0.2) is 4.98 Å². The van der Waals surface area contributed by atoms with Crippen LogP contribution in [0.4, 0.5) is 11.5 Å². The third-order valence-corrected chi connectivity index (χ3v) is 4.21. The number of ketones is 1. The van der Waals surface area contributed by atoms with Crippen LogP contribution in [0, 0.1) is 0 Å². The predicted molar refractivity (Wildman–Crippen MR) is 107 cm³/mol. The summed E-state index contributed by atoms with van der Waals surface area (Å²) in [5, 5.41) is 2.84. The van der Waals surface area contributed by atoms with Gasteiger partial charge in [-0.15, -0.1) is 0 Å². The minimum atomic E-state index is -0.220. The van der Waals surface area contributed by atoms with Gasteiger partial charge in [-0.2, -0.15) is 0 Å². The van der Waals surface area contributed by atoms with Crippen molar-refractivity contribution in [2.75, 3.05) is 17.3 Å². The second-order valence-electron chi connectivity index (χ2n) is 6.33. The van der Waals surface area contributed by atoms with E-state index >= 15 is 0 Å². The van der Waals surface area contributed by atoms with Gasteiger partial charge < -0.3 is 10.2 Å². The lowest BCUT2D eigenvalue weighted by atomic mass is 10.1. The van der Waals surface area contributed by atoms with Crippen LogP contribution < -0.4 is 10.2 Å². The number of nitrogens with one attached hydrogen (secondary N) is 1. The molecule has 1 aromatic heterocycles. The molecule has 1 amide bonds. The van der Waals surface area contributed by atoms with E-state index in [-0.39, 0.29) is 11.7 Å². The van der Waals surface area contributed by atoms with Gasteiger partial charge in [-0.1, -0.05) is 30.3 Å². The second kappa shape index (κ2) is 8.27. The first-order chi connectivity index (χ1) is 13.0. The highest BCUT2D eigenvalue weighted by molar-refractivity contribution is 6.05. The molecule has 0 bridgehead atoms. The first kappa shape index (κ1) is 18.3. The third-order valence-electron chi connectivity index (χ3n) is 4.21. The van der Waals surface area contributed by atoms with Gasteiger partial charge in [0.2, 0.25) is 0 Å². The van der Waals surface area contributed by atoms with Gasteiger partial charge in [0.1, 0.15) is 5.82 Å². The zero-order valence-corrected chi connectivity index (χ0v) is 15.3. The lowest BCUT2D eigenvalue weighted by molar-refractivity contribution is 0.101. The Labute approximate surface area is 158 Å². The van der Waals surface area contributed by atoms with Crippen LogP contribution >= 0.6 is 0 Å². The van der Waals surface area contributed by atoms with Crippen molar-refractivity contribution in [3.63, 3.8) is 0 Å². The molecular formula is C22H21N3O2. The third kappa shape index (κ3) is 4.79. The van der Waals surface area contributed by atoms with E-state index in [9.17, 15) is 9.59 Å².